The second-order valence-corrected chi connectivity index (χ2v) is 3.26. The number of benzene rings is 1. The molecule has 0 bridgehead atoms. The van der Waals surface area contributed by atoms with E-state index in [1.54, 1.807) is 12.1 Å². The molecule has 4 heteroatoms. The summed E-state index contributed by atoms with van der Waals surface area (Å²) in [5.41, 5.74) is 1.39. The number of rotatable bonds is 3. The Bertz CT molecular complexity index is 435. The first-order chi connectivity index (χ1) is 7.00. The van der Waals surface area contributed by atoms with E-state index in [4.69, 9.17) is 0 Å². The molecule has 1 aromatic carbocycles. The van der Waals surface area contributed by atoms with Crippen molar-refractivity contribution in [1.29, 1.82) is 0 Å². The molecule has 0 aliphatic heterocycles. The van der Waals surface area contributed by atoms with Crippen molar-refractivity contribution in [2.75, 3.05) is 0 Å². The fourth-order valence-corrected chi connectivity index (χ4v) is 1.18. The van der Waals surface area contributed by atoms with Crippen molar-refractivity contribution in [2.45, 2.75) is 13.8 Å². The molecule has 0 spiro atoms. The molecule has 15 heavy (non-hydrogen) atoms. The first kappa shape index (κ1) is 11.1. The number of ketones is 1. The minimum atomic E-state index is -0.459. The van der Waals surface area contributed by atoms with E-state index in [1.165, 1.54) is 25.1 Å². The zero-order valence-corrected chi connectivity index (χ0v) is 8.56. The van der Waals surface area contributed by atoms with E-state index in [2.05, 4.69) is 0 Å². The number of nitro benzene ring substituents is 1. The summed E-state index contributed by atoms with van der Waals surface area (Å²) in [6, 6.07) is 4.79. The molecule has 0 N–H and O–H groups in total. The molecule has 0 aromatic heterocycles. The third kappa shape index (κ3) is 3.02. The summed E-state index contributed by atoms with van der Waals surface area (Å²) in [5, 5.41) is 10.7. The number of nitro groups is 1. The molecule has 1 aromatic rings. The standard InChI is InChI=1S/C11H11NO3/c1-8-3-6-11(12(14)15)10(7-8)5-4-9(2)13/h3-7H,1-2H3/b5-4+. The van der Waals surface area contributed by atoms with Crippen molar-refractivity contribution in [3.8, 4) is 0 Å². The van der Waals surface area contributed by atoms with Crippen LogP contribution in [-0.2, 0) is 4.79 Å². The first-order valence-corrected chi connectivity index (χ1v) is 4.44. The van der Waals surface area contributed by atoms with Gasteiger partial charge >= 0.3 is 0 Å². The van der Waals surface area contributed by atoms with E-state index in [0.717, 1.165) is 5.56 Å². The lowest BCUT2D eigenvalue weighted by molar-refractivity contribution is -0.385. The van der Waals surface area contributed by atoms with E-state index in [-0.39, 0.29) is 11.5 Å². The molecule has 0 aliphatic carbocycles. The Balaban J connectivity index is 3.18. The maximum Gasteiger partial charge on any atom is 0.276 e. The topological polar surface area (TPSA) is 60.2 Å². The van der Waals surface area contributed by atoms with E-state index < -0.39 is 4.92 Å². The van der Waals surface area contributed by atoms with Gasteiger partial charge in [0.1, 0.15) is 0 Å². The van der Waals surface area contributed by atoms with Gasteiger partial charge in [-0.2, -0.15) is 0 Å². The highest BCUT2D eigenvalue weighted by molar-refractivity contribution is 5.92. The zero-order valence-electron chi connectivity index (χ0n) is 8.56. The minimum Gasteiger partial charge on any atom is -0.295 e. The number of hydrogen-bond acceptors (Lipinski definition) is 3. The van der Waals surface area contributed by atoms with Gasteiger partial charge in [0.25, 0.3) is 5.69 Å². The first-order valence-electron chi connectivity index (χ1n) is 4.44. The second-order valence-electron chi connectivity index (χ2n) is 3.26. The lowest BCUT2D eigenvalue weighted by Gasteiger charge is -1.98. The Labute approximate surface area is 87.4 Å². The van der Waals surface area contributed by atoms with Gasteiger partial charge in [-0.25, -0.2) is 0 Å². The summed E-state index contributed by atoms with van der Waals surface area (Å²) >= 11 is 0. The van der Waals surface area contributed by atoms with Crippen LogP contribution < -0.4 is 0 Å². The quantitative estimate of drug-likeness (QED) is 0.432. The Kier molecular flexibility index (Phi) is 3.33. The van der Waals surface area contributed by atoms with Gasteiger partial charge in [-0.05, 0) is 32.1 Å². The van der Waals surface area contributed by atoms with Gasteiger partial charge in [0.2, 0.25) is 0 Å². The van der Waals surface area contributed by atoms with E-state index >= 15 is 0 Å². The summed E-state index contributed by atoms with van der Waals surface area (Å²) in [7, 11) is 0. The number of hydrogen-bond donors (Lipinski definition) is 0. The van der Waals surface area contributed by atoms with Crippen molar-refractivity contribution in [2.24, 2.45) is 0 Å². The molecule has 0 saturated carbocycles. The summed E-state index contributed by atoms with van der Waals surface area (Å²) in [6.07, 6.45) is 2.79. The Morgan fingerprint density at radius 1 is 1.47 bits per heavy atom. The molecule has 0 radical (unpaired) electrons. The summed E-state index contributed by atoms with van der Waals surface area (Å²) in [6.45, 7) is 3.24. The van der Waals surface area contributed by atoms with Crippen LogP contribution in [0.25, 0.3) is 6.08 Å². The van der Waals surface area contributed by atoms with Crippen LogP contribution in [0.4, 0.5) is 5.69 Å². The van der Waals surface area contributed by atoms with E-state index in [1.807, 2.05) is 6.92 Å². The van der Waals surface area contributed by atoms with Gasteiger partial charge in [-0.15, -0.1) is 0 Å². The molecule has 0 atom stereocenters. The van der Waals surface area contributed by atoms with Crippen LogP contribution in [0.5, 0.6) is 0 Å². The highest BCUT2D eigenvalue weighted by Crippen LogP contribution is 2.20. The third-order valence-corrected chi connectivity index (χ3v) is 1.88. The number of allylic oxidation sites excluding steroid dienone is 1. The predicted octanol–water partition coefficient (Wildman–Crippen LogP) is 2.51. The van der Waals surface area contributed by atoms with E-state index in [0.29, 0.717) is 5.56 Å². The molecule has 0 heterocycles. The van der Waals surface area contributed by atoms with Crippen LogP contribution in [0, 0.1) is 17.0 Å². The fourth-order valence-electron chi connectivity index (χ4n) is 1.18. The average Bonchev–Trinajstić information content (AvgIpc) is 2.14. The smallest absolute Gasteiger partial charge is 0.276 e. The van der Waals surface area contributed by atoms with Crippen LogP contribution in [0.15, 0.2) is 24.3 Å². The normalized spacial score (nSPS) is 10.5. The average molecular weight is 205 g/mol. The summed E-state index contributed by atoms with van der Waals surface area (Å²) in [5.74, 6) is -0.134. The van der Waals surface area contributed by atoms with Gasteiger partial charge in [0, 0.05) is 6.07 Å². The third-order valence-electron chi connectivity index (χ3n) is 1.88. The second kappa shape index (κ2) is 4.50. The summed E-state index contributed by atoms with van der Waals surface area (Å²) < 4.78 is 0. The van der Waals surface area contributed by atoms with Crippen molar-refractivity contribution in [3.63, 3.8) is 0 Å². The Morgan fingerprint density at radius 3 is 2.67 bits per heavy atom. The molecular formula is C11H11NO3. The maximum atomic E-state index is 10.7. The van der Waals surface area contributed by atoms with Crippen LogP contribution in [0.1, 0.15) is 18.1 Å². The van der Waals surface area contributed by atoms with Gasteiger partial charge in [0.15, 0.2) is 5.78 Å². The Hall–Kier alpha value is -1.97. The molecule has 78 valence electrons. The van der Waals surface area contributed by atoms with Gasteiger partial charge in [0.05, 0.1) is 10.5 Å². The van der Waals surface area contributed by atoms with Gasteiger partial charge < -0.3 is 0 Å². The fraction of sp³-hybridized carbons (Fsp3) is 0.182. The maximum absolute atomic E-state index is 10.7. The SMILES string of the molecule is CC(=O)/C=C/c1cc(C)ccc1[N+](=O)[O-]. The predicted molar refractivity (Wildman–Crippen MR) is 57.5 cm³/mol. The molecule has 4 nitrogen and oxygen atoms in total. The highest BCUT2D eigenvalue weighted by atomic mass is 16.6. The van der Waals surface area contributed by atoms with Crippen LogP contribution in [-0.4, -0.2) is 10.7 Å². The molecule has 0 saturated heterocycles. The van der Waals surface area contributed by atoms with Gasteiger partial charge in [-0.1, -0.05) is 11.6 Å². The van der Waals surface area contributed by atoms with Crippen molar-refractivity contribution < 1.29 is 9.72 Å². The number of carbonyl (C=O) groups excluding carboxylic acids is 1. The van der Waals surface area contributed by atoms with Gasteiger partial charge in [-0.3, -0.25) is 14.9 Å². The molecule has 0 amide bonds. The lowest BCUT2D eigenvalue weighted by Crippen LogP contribution is -1.92. The molecule has 1 rings (SSSR count). The van der Waals surface area contributed by atoms with Crippen molar-refractivity contribution >= 4 is 17.5 Å². The van der Waals surface area contributed by atoms with Crippen LogP contribution in [0.3, 0.4) is 0 Å². The number of nitrogens with zero attached hydrogens (tertiary/aromatic N) is 1. The van der Waals surface area contributed by atoms with Crippen molar-refractivity contribution in [1.82, 2.24) is 0 Å². The largest absolute Gasteiger partial charge is 0.295 e. The van der Waals surface area contributed by atoms with Crippen molar-refractivity contribution in [3.05, 3.63) is 45.5 Å². The monoisotopic (exact) mass is 205 g/mol. The minimum absolute atomic E-state index is 0.0121. The summed E-state index contributed by atoms with van der Waals surface area (Å²) in [4.78, 5) is 20.9. The lowest BCUT2D eigenvalue weighted by atomic mass is 10.1. The molecule has 0 aliphatic rings. The number of aryl methyl sites for hydroxylation is 1. The van der Waals surface area contributed by atoms with Crippen LogP contribution >= 0.6 is 0 Å². The highest BCUT2D eigenvalue weighted by Gasteiger charge is 2.10. The molecule has 0 unspecified atom stereocenters. The molecule has 0 fully saturated rings. The van der Waals surface area contributed by atoms with E-state index in [9.17, 15) is 14.9 Å². The van der Waals surface area contributed by atoms with Crippen LogP contribution in [0.2, 0.25) is 0 Å². The molecular weight excluding hydrogens is 194 g/mol. The zero-order chi connectivity index (χ0) is 11.4. The Morgan fingerprint density at radius 2 is 2.13 bits per heavy atom. The number of carbonyl (C=O) groups is 1.